The monoisotopic (exact) mass is 445 g/mol. The van der Waals surface area contributed by atoms with E-state index in [0.717, 1.165) is 0 Å². The smallest absolute Gasteiger partial charge is 0.251 e. The number of nitrogens with zero attached hydrogens (tertiary/aromatic N) is 1. The normalized spacial score (nSPS) is 15.9. The predicted octanol–water partition coefficient (Wildman–Crippen LogP) is 1.78. The SMILES string of the molecule is COc1ccc(S(=O)(=O)N[C@@H](C)C(=O)N2CCC(NC(=O)c3ccccc3)CC2)cc1. The Morgan fingerprint density at radius 2 is 1.65 bits per heavy atom. The zero-order valence-corrected chi connectivity index (χ0v) is 18.4. The van der Waals surface area contributed by atoms with Crippen LogP contribution in [0.2, 0.25) is 0 Å². The topological polar surface area (TPSA) is 105 Å². The largest absolute Gasteiger partial charge is 0.497 e. The van der Waals surface area contributed by atoms with Crippen molar-refractivity contribution in [3.63, 3.8) is 0 Å². The van der Waals surface area contributed by atoms with Gasteiger partial charge >= 0.3 is 0 Å². The summed E-state index contributed by atoms with van der Waals surface area (Å²) in [6, 6.07) is 14.0. The molecule has 3 rings (SSSR count). The van der Waals surface area contributed by atoms with Gasteiger partial charge in [0.05, 0.1) is 18.0 Å². The first-order chi connectivity index (χ1) is 14.8. The highest BCUT2D eigenvalue weighted by molar-refractivity contribution is 7.89. The van der Waals surface area contributed by atoms with Crippen LogP contribution in [0, 0.1) is 0 Å². The van der Waals surface area contributed by atoms with Crippen molar-refractivity contribution >= 4 is 21.8 Å². The molecule has 2 N–H and O–H groups in total. The molecule has 1 fully saturated rings. The summed E-state index contributed by atoms with van der Waals surface area (Å²) >= 11 is 0. The minimum absolute atomic E-state index is 0.0250. The van der Waals surface area contributed by atoms with E-state index in [9.17, 15) is 18.0 Å². The average Bonchev–Trinajstić information content (AvgIpc) is 2.79. The predicted molar refractivity (Wildman–Crippen MR) is 116 cm³/mol. The third-order valence-electron chi connectivity index (χ3n) is 5.25. The fraction of sp³-hybridized carbons (Fsp3) is 0.364. The molecule has 8 nitrogen and oxygen atoms in total. The van der Waals surface area contributed by atoms with E-state index in [0.29, 0.717) is 37.2 Å². The van der Waals surface area contributed by atoms with Crippen molar-refractivity contribution in [3.05, 3.63) is 60.2 Å². The first-order valence-electron chi connectivity index (χ1n) is 10.1. The van der Waals surface area contributed by atoms with Crippen molar-refractivity contribution in [2.24, 2.45) is 0 Å². The molecule has 1 atom stereocenters. The van der Waals surface area contributed by atoms with E-state index >= 15 is 0 Å². The molecule has 0 spiro atoms. The van der Waals surface area contributed by atoms with Gasteiger partial charge in [0.25, 0.3) is 5.91 Å². The molecule has 2 aromatic carbocycles. The van der Waals surface area contributed by atoms with Gasteiger partial charge in [0.1, 0.15) is 5.75 Å². The van der Waals surface area contributed by atoms with Crippen molar-refractivity contribution in [2.45, 2.75) is 36.7 Å². The Morgan fingerprint density at radius 1 is 1.03 bits per heavy atom. The summed E-state index contributed by atoms with van der Waals surface area (Å²) in [4.78, 5) is 26.7. The van der Waals surface area contributed by atoms with Crippen LogP contribution in [-0.2, 0) is 14.8 Å². The lowest BCUT2D eigenvalue weighted by Gasteiger charge is -2.34. The Morgan fingerprint density at radius 3 is 2.23 bits per heavy atom. The highest BCUT2D eigenvalue weighted by atomic mass is 32.2. The molecule has 1 heterocycles. The molecule has 31 heavy (non-hydrogen) atoms. The number of amides is 2. The number of hydrogen-bond acceptors (Lipinski definition) is 5. The van der Waals surface area contributed by atoms with Gasteiger partial charge in [0.15, 0.2) is 0 Å². The third kappa shape index (κ3) is 5.83. The van der Waals surface area contributed by atoms with Crippen molar-refractivity contribution in [1.82, 2.24) is 14.9 Å². The first kappa shape index (κ1) is 22.8. The van der Waals surface area contributed by atoms with Crippen molar-refractivity contribution in [1.29, 1.82) is 0 Å². The number of nitrogens with one attached hydrogen (secondary N) is 2. The molecule has 1 aliphatic heterocycles. The fourth-order valence-electron chi connectivity index (χ4n) is 3.48. The highest BCUT2D eigenvalue weighted by Gasteiger charge is 2.29. The molecule has 9 heteroatoms. The summed E-state index contributed by atoms with van der Waals surface area (Å²) in [7, 11) is -2.34. The maximum Gasteiger partial charge on any atom is 0.251 e. The zero-order chi connectivity index (χ0) is 22.4. The van der Waals surface area contributed by atoms with Crippen LogP contribution in [0.4, 0.5) is 0 Å². The highest BCUT2D eigenvalue weighted by Crippen LogP contribution is 2.17. The van der Waals surface area contributed by atoms with Crippen LogP contribution in [0.3, 0.4) is 0 Å². The summed E-state index contributed by atoms with van der Waals surface area (Å²) in [5.41, 5.74) is 0.600. The summed E-state index contributed by atoms with van der Waals surface area (Å²) in [6.07, 6.45) is 1.23. The molecule has 2 aromatic rings. The first-order valence-corrected chi connectivity index (χ1v) is 11.6. The minimum atomic E-state index is -3.84. The van der Waals surface area contributed by atoms with Crippen molar-refractivity contribution in [3.8, 4) is 5.75 Å². The Hall–Kier alpha value is -2.91. The number of benzene rings is 2. The second kappa shape index (κ2) is 9.93. The van der Waals surface area contributed by atoms with Crippen molar-refractivity contribution < 1.29 is 22.7 Å². The summed E-state index contributed by atoms with van der Waals surface area (Å²) in [6.45, 7) is 2.44. The summed E-state index contributed by atoms with van der Waals surface area (Å²) in [5, 5.41) is 2.99. The molecule has 0 saturated carbocycles. The summed E-state index contributed by atoms with van der Waals surface area (Å²) < 4.78 is 32.6. The number of rotatable bonds is 7. The molecule has 2 amide bonds. The zero-order valence-electron chi connectivity index (χ0n) is 17.6. The van der Waals surface area contributed by atoms with E-state index in [1.54, 1.807) is 29.2 Å². The second-order valence-electron chi connectivity index (χ2n) is 7.46. The van der Waals surface area contributed by atoms with Gasteiger partial charge in [-0.2, -0.15) is 4.72 Å². The molecule has 166 valence electrons. The van der Waals surface area contributed by atoms with E-state index in [1.807, 2.05) is 18.2 Å². The average molecular weight is 446 g/mol. The molecule has 1 aliphatic rings. The van der Waals surface area contributed by atoms with Crippen LogP contribution < -0.4 is 14.8 Å². The standard InChI is InChI=1S/C22H27N3O5S/c1-16(24-31(28,29)20-10-8-19(30-2)9-11-20)22(27)25-14-12-18(13-15-25)23-21(26)17-6-4-3-5-7-17/h3-11,16,18,24H,12-15H2,1-2H3,(H,23,26)/t16-/m0/s1. The van der Waals surface area contributed by atoms with E-state index in [-0.39, 0.29) is 22.8 Å². The Bertz CT molecular complexity index is 1000. The van der Waals surface area contributed by atoms with Crippen LogP contribution >= 0.6 is 0 Å². The number of carbonyl (C=O) groups excluding carboxylic acids is 2. The maximum absolute atomic E-state index is 12.7. The molecule has 0 bridgehead atoms. The number of hydrogen-bond donors (Lipinski definition) is 2. The fourth-order valence-corrected chi connectivity index (χ4v) is 4.68. The van der Waals surface area contributed by atoms with Gasteiger partial charge in [-0.3, -0.25) is 9.59 Å². The van der Waals surface area contributed by atoms with E-state index in [1.165, 1.54) is 26.2 Å². The lowest BCUT2D eigenvalue weighted by atomic mass is 10.0. The maximum atomic E-state index is 12.7. The lowest BCUT2D eigenvalue weighted by Crippen LogP contribution is -2.52. The lowest BCUT2D eigenvalue weighted by molar-refractivity contribution is -0.133. The minimum Gasteiger partial charge on any atom is -0.497 e. The molecule has 0 aromatic heterocycles. The number of methoxy groups -OCH3 is 1. The van der Waals surface area contributed by atoms with E-state index in [4.69, 9.17) is 4.74 Å². The molecule has 1 saturated heterocycles. The number of carbonyl (C=O) groups is 2. The Kier molecular flexibility index (Phi) is 7.29. The Balaban J connectivity index is 1.52. The van der Waals surface area contributed by atoms with Gasteiger partial charge in [0, 0.05) is 24.7 Å². The van der Waals surface area contributed by atoms with E-state index in [2.05, 4.69) is 10.0 Å². The quantitative estimate of drug-likeness (QED) is 0.676. The Labute approximate surface area is 182 Å². The van der Waals surface area contributed by atoms with Gasteiger partial charge in [0.2, 0.25) is 15.9 Å². The van der Waals surface area contributed by atoms with Gasteiger partial charge in [-0.1, -0.05) is 18.2 Å². The third-order valence-corrected chi connectivity index (χ3v) is 6.81. The molecular formula is C22H27N3O5S. The molecule has 0 unspecified atom stereocenters. The second-order valence-corrected chi connectivity index (χ2v) is 9.17. The molecule has 0 aliphatic carbocycles. The summed E-state index contributed by atoms with van der Waals surface area (Å²) in [5.74, 6) is 0.126. The van der Waals surface area contributed by atoms with Gasteiger partial charge in [-0.25, -0.2) is 8.42 Å². The van der Waals surface area contributed by atoms with E-state index < -0.39 is 16.1 Å². The van der Waals surface area contributed by atoms with Crippen LogP contribution in [0.25, 0.3) is 0 Å². The van der Waals surface area contributed by atoms with Crippen LogP contribution in [0.1, 0.15) is 30.1 Å². The number of ether oxygens (including phenoxy) is 1. The number of likely N-dealkylation sites (tertiary alicyclic amines) is 1. The molecule has 0 radical (unpaired) electrons. The van der Waals surface area contributed by atoms with Gasteiger partial charge in [-0.15, -0.1) is 0 Å². The van der Waals surface area contributed by atoms with Crippen LogP contribution in [0.5, 0.6) is 5.75 Å². The van der Waals surface area contributed by atoms with Gasteiger partial charge < -0.3 is 15.0 Å². The number of sulfonamides is 1. The van der Waals surface area contributed by atoms with Crippen LogP contribution in [0.15, 0.2) is 59.5 Å². The molecular weight excluding hydrogens is 418 g/mol. The van der Waals surface area contributed by atoms with Crippen molar-refractivity contribution in [2.75, 3.05) is 20.2 Å². The van der Waals surface area contributed by atoms with Gasteiger partial charge in [-0.05, 0) is 56.2 Å². The van der Waals surface area contributed by atoms with Crippen LogP contribution in [-0.4, -0.2) is 57.4 Å². The number of piperidine rings is 1.